The maximum absolute atomic E-state index is 14.1. The van der Waals surface area contributed by atoms with Gasteiger partial charge in [0, 0.05) is 20.1 Å². The van der Waals surface area contributed by atoms with Crippen LogP contribution in [0.15, 0.2) is 18.2 Å². The molecule has 2 aromatic rings. The third-order valence-corrected chi connectivity index (χ3v) is 3.60. The number of anilines is 2. The van der Waals surface area contributed by atoms with Crippen LogP contribution in [0.25, 0.3) is 11.4 Å². The van der Waals surface area contributed by atoms with Crippen LogP contribution in [0, 0.1) is 12.7 Å². The molecule has 110 valence electrons. The SMILES string of the molecule is CNc1nc(-c2cc(C)ccc2F)nc(N2CCCC2)n1. The summed E-state index contributed by atoms with van der Waals surface area (Å²) in [5.41, 5.74) is 1.38. The van der Waals surface area contributed by atoms with E-state index in [-0.39, 0.29) is 5.82 Å². The second-order valence-corrected chi connectivity index (χ2v) is 5.21. The Hall–Kier alpha value is -2.24. The summed E-state index contributed by atoms with van der Waals surface area (Å²) < 4.78 is 14.1. The molecule has 1 aromatic heterocycles. The van der Waals surface area contributed by atoms with Crippen molar-refractivity contribution in [3.63, 3.8) is 0 Å². The van der Waals surface area contributed by atoms with Gasteiger partial charge >= 0.3 is 0 Å². The van der Waals surface area contributed by atoms with Crippen LogP contribution in [0.5, 0.6) is 0 Å². The van der Waals surface area contributed by atoms with Gasteiger partial charge < -0.3 is 10.2 Å². The molecular formula is C15H18FN5. The number of halogens is 1. The van der Waals surface area contributed by atoms with E-state index in [9.17, 15) is 4.39 Å². The van der Waals surface area contributed by atoms with Gasteiger partial charge in [-0.15, -0.1) is 0 Å². The van der Waals surface area contributed by atoms with Crippen molar-refractivity contribution in [1.29, 1.82) is 0 Å². The number of aromatic nitrogens is 3. The van der Waals surface area contributed by atoms with E-state index in [1.54, 1.807) is 19.2 Å². The predicted molar refractivity (Wildman–Crippen MR) is 81.0 cm³/mol. The van der Waals surface area contributed by atoms with Crippen molar-refractivity contribution in [3.8, 4) is 11.4 Å². The molecular weight excluding hydrogens is 269 g/mol. The Bertz CT molecular complexity index is 653. The van der Waals surface area contributed by atoms with Crippen LogP contribution in [0.1, 0.15) is 18.4 Å². The van der Waals surface area contributed by atoms with Crippen LogP contribution < -0.4 is 10.2 Å². The highest BCUT2D eigenvalue weighted by Gasteiger charge is 2.18. The van der Waals surface area contributed by atoms with Gasteiger partial charge in [-0.25, -0.2) is 4.39 Å². The molecule has 0 bridgehead atoms. The Labute approximate surface area is 123 Å². The number of benzene rings is 1. The van der Waals surface area contributed by atoms with Crippen LogP contribution in [0.3, 0.4) is 0 Å². The van der Waals surface area contributed by atoms with Crippen molar-refractivity contribution in [2.45, 2.75) is 19.8 Å². The lowest BCUT2D eigenvalue weighted by Crippen LogP contribution is -2.21. The highest BCUT2D eigenvalue weighted by atomic mass is 19.1. The first-order valence-electron chi connectivity index (χ1n) is 7.12. The van der Waals surface area contributed by atoms with Crippen LogP contribution in [0.2, 0.25) is 0 Å². The summed E-state index contributed by atoms with van der Waals surface area (Å²) in [6, 6.07) is 4.95. The zero-order chi connectivity index (χ0) is 14.8. The van der Waals surface area contributed by atoms with Gasteiger partial charge in [0.25, 0.3) is 0 Å². The number of nitrogens with one attached hydrogen (secondary N) is 1. The van der Waals surface area contributed by atoms with Crippen molar-refractivity contribution >= 4 is 11.9 Å². The molecule has 1 aliphatic rings. The number of hydrogen-bond acceptors (Lipinski definition) is 5. The molecule has 0 amide bonds. The first kappa shape index (κ1) is 13.7. The van der Waals surface area contributed by atoms with Gasteiger partial charge in [-0.1, -0.05) is 11.6 Å². The van der Waals surface area contributed by atoms with Gasteiger partial charge in [-0.2, -0.15) is 15.0 Å². The molecule has 1 aromatic carbocycles. The zero-order valence-electron chi connectivity index (χ0n) is 12.2. The molecule has 1 fully saturated rings. The Morgan fingerprint density at radius 1 is 1.14 bits per heavy atom. The molecule has 0 radical (unpaired) electrons. The quantitative estimate of drug-likeness (QED) is 0.940. The predicted octanol–water partition coefficient (Wildman–Crippen LogP) is 2.63. The standard InChI is InChI=1S/C15H18FN5/c1-10-5-6-12(16)11(9-10)13-18-14(17-2)20-15(19-13)21-7-3-4-8-21/h5-6,9H,3-4,7-8H2,1-2H3,(H,17,18,19,20). The summed E-state index contributed by atoms with van der Waals surface area (Å²) in [4.78, 5) is 15.2. The third kappa shape index (κ3) is 2.79. The fraction of sp³-hybridized carbons (Fsp3) is 0.400. The van der Waals surface area contributed by atoms with Gasteiger partial charge in [0.05, 0.1) is 5.56 Å². The minimum absolute atomic E-state index is 0.318. The van der Waals surface area contributed by atoms with E-state index in [0.29, 0.717) is 23.3 Å². The lowest BCUT2D eigenvalue weighted by molar-refractivity contribution is 0.629. The second kappa shape index (κ2) is 5.63. The lowest BCUT2D eigenvalue weighted by Gasteiger charge is -2.16. The Morgan fingerprint density at radius 3 is 2.62 bits per heavy atom. The van der Waals surface area contributed by atoms with Gasteiger partial charge in [0.1, 0.15) is 5.82 Å². The average Bonchev–Trinajstić information content (AvgIpc) is 3.03. The molecule has 0 saturated carbocycles. The minimum atomic E-state index is -0.318. The molecule has 0 spiro atoms. The highest BCUT2D eigenvalue weighted by molar-refractivity contribution is 5.60. The molecule has 1 N–H and O–H groups in total. The Morgan fingerprint density at radius 2 is 1.90 bits per heavy atom. The Balaban J connectivity index is 2.08. The molecule has 2 heterocycles. The molecule has 5 nitrogen and oxygen atoms in total. The van der Waals surface area contributed by atoms with E-state index in [0.717, 1.165) is 31.5 Å². The fourth-order valence-corrected chi connectivity index (χ4v) is 2.47. The van der Waals surface area contributed by atoms with Crippen molar-refractivity contribution in [2.75, 3.05) is 30.4 Å². The van der Waals surface area contributed by atoms with Gasteiger partial charge in [0.2, 0.25) is 11.9 Å². The van der Waals surface area contributed by atoms with E-state index in [2.05, 4.69) is 25.2 Å². The third-order valence-electron chi connectivity index (χ3n) is 3.60. The molecule has 0 atom stereocenters. The van der Waals surface area contributed by atoms with E-state index in [4.69, 9.17) is 0 Å². The molecule has 6 heteroatoms. The Kier molecular flexibility index (Phi) is 3.68. The molecule has 21 heavy (non-hydrogen) atoms. The van der Waals surface area contributed by atoms with Crippen molar-refractivity contribution in [2.24, 2.45) is 0 Å². The highest BCUT2D eigenvalue weighted by Crippen LogP contribution is 2.24. The van der Waals surface area contributed by atoms with E-state index in [1.165, 1.54) is 6.07 Å². The smallest absolute Gasteiger partial charge is 0.230 e. The van der Waals surface area contributed by atoms with E-state index in [1.807, 2.05) is 6.92 Å². The van der Waals surface area contributed by atoms with Crippen LogP contribution >= 0.6 is 0 Å². The second-order valence-electron chi connectivity index (χ2n) is 5.21. The number of rotatable bonds is 3. The number of hydrogen-bond donors (Lipinski definition) is 1. The zero-order valence-corrected chi connectivity index (χ0v) is 12.2. The number of aryl methyl sites for hydroxylation is 1. The first-order valence-corrected chi connectivity index (χ1v) is 7.12. The van der Waals surface area contributed by atoms with Crippen molar-refractivity contribution in [1.82, 2.24) is 15.0 Å². The first-order chi connectivity index (χ1) is 10.2. The van der Waals surface area contributed by atoms with Crippen molar-refractivity contribution < 1.29 is 4.39 Å². The van der Waals surface area contributed by atoms with E-state index < -0.39 is 0 Å². The normalized spacial score (nSPS) is 14.5. The molecule has 1 saturated heterocycles. The summed E-state index contributed by atoms with van der Waals surface area (Å²) >= 11 is 0. The van der Waals surface area contributed by atoms with Gasteiger partial charge in [-0.3, -0.25) is 0 Å². The van der Waals surface area contributed by atoms with E-state index >= 15 is 0 Å². The summed E-state index contributed by atoms with van der Waals surface area (Å²) in [6.07, 6.45) is 2.27. The summed E-state index contributed by atoms with van der Waals surface area (Å²) in [6.45, 7) is 3.79. The minimum Gasteiger partial charge on any atom is -0.357 e. The van der Waals surface area contributed by atoms with Crippen molar-refractivity contribution in [3.05, 3.63) is 29.6 Å². The monoisotopic (exact) mass is 287 g/mol. The topological polar surface area (TPSA) is 53.9 Å². The number of nitrogens with zero attached hydrogens (tertiary/aromatic N) is 4. The largest absolute Gasteiger partial charge is 0.357 e. The van der Waals surface area contributed by atoms with Crippen LogP contribution in [-0.2, 0) is 0 Å². The van der Waals surface area contributed by atoms with Gasteiger partial charge in [0.15, 0.2) is 5.82 Å². The maximum Gasteiger partial charge on any atom is 0.230 e. The van der Waals surface area contributed by atoms with Crippen LogP contribution in [0.4, 0.5) is 16.3 Å². The maximum atomic E-state index is 14.1. The molecule has 1 aliphatic heterocycles. The van der Waals surface area contributed by atoms with Gasteiger partial charge in [-0.05, 0) is 31.9 Å². The fourth-order valence-electron chi connectivity index (χ4n) is 2.47. The van der Waals surface area contributed by atoms with Crippen LogP contribution in [-0.4, -0.2) is 35.1 Å². The molecule has 0 aliphatic carbocycles. The average molecular weight is 287 g/mol. The summed E-state index contributed by atoms with van der Waals surface area (Å²) in [7, 11) is 1.75. The summed E-state index contributed by atoms with van der Waals surface area (Å²) in [5.74, 6) is 1.13. The molecule has 3 rings (SSSR count). The molecule has 0 unspecified atom stereocenters. The lowest BCUT2D eigenvalue weighted by atomic mass is 10.1. The summed E-state index contributed by atoms with van der Waals surface area (Å²) in [5, 5.41) is 2.92.